The molecule has 0 spiro atoms. The summed E-state index contributed by atoms with van der Waals surface area (Å²) in [6, 6.07) is 20.1. The number of thiocarbonyl (C=S) groups is 1. The van der Waals surface area contributed by atoms with Crippen LogP contribution in [-0.4, -0.2) is 11.0 Å². The minimum absolute atomic E-state index is 0.176. The van der Waals surface area contributed by atoms with E-state index in [1.165, 1.54) is 0 Å². The SMILES string of the molecule is Cc1cccc(NC(=S)NNC(=O)c2cccc3c(=O)c(C)c(-c4ccccc4)oc23)c1C. The van der Waals surface area contributed by atoms with Crippen LogP contribution in [0.1, 0.15) is 27.0 Å². The Kier molecular flexibility index (Phi) is 6.24. The number of nitrogens with one attached hydrogen (secondary N) is 3. The van der Waals surface area contributed by atoms with Crippen LogP contribution in [0, 0.1) is 20.8 Å². The van der Waals surface area contributed by atoms with Crippen LogP contribution in [-0.2, 0) is 0 Å². The zero-order chi connectivity index (χ0) is 23.5. The predicted octanol–water partition coefficient (Wildman–Crippen LogP) is 5.02. The van der Waals surface area contributed by atoms with Crippen molar-refractivity contribution < 1.29 is 9.21 Å². The van der Waals surface area contributed by atoms with E-state index in [1.54, 1.807) is 25.1 Å². The molecule has 0 aliphatic rings. The van der Waals surface area contributed by atoms with Crippen molar-refractivity contribution in [3.05, 3.63) is 99.2 Å². The van der Waals surface area contributed by atoms with Crippen LogP contribution in [0.25, 0.3) is 22.3 Å². The summed E-state index contributed by atoms with van der Waals surface area (Å²) in [5.41, 5.74) is 9.86. The molecule has 0 atom stereocenters. The first-order chi connectivity index (χ1) is 15.9. The number of hydrogen-bond acceptors (Lipinski definition) is 4. The Morgan fingerprint density at radius 3 is 2.33 bits per heavy atom. The lowest BCUT2D eigenvalue weighted by Crippen LogP contribution is -2.44. The van der Waals surface area contributed by atoms with Gasteiger partial charge in [-0.05, 0) is 62.3 Å². The highest BCUT2D eigenvalue weighted by Crippen LogP contribution is 2.27. The first-order valence-corrected chi connectivity index (χ1v) is 10.8. The van der Waals surface area contributed by atoms with Gasteiger partial charge in [0.15, 0.2) is 16.1 Å². The van der Waals surface area contributed by atoms with E-state index >= 15 is 0 Å². The van der Waals surface area contributed by atoms with Crippen molar-refractivity contribution in [1.29, 1.82) is 0 Å². The number of aryl methyl sites for hydroxylation is 1. The summed E-state index contributed by atoms with van der Waals surface area (Å²) in [7, 11) is 0. The van der Waals surface area contributed by atoms with E-state index in [9.17, 15) is 9.59 Å². The summed E-state index contributed by atoms with van der Waals surface area (Å²) < 4.78 is 6.11. The fourth-order valence-corrected chi connectivity index (χ4v) is 3.74. The third-order valence-corrected chi connectivity index (χ3v) is 5.77. The Bertz CT molecular complexity index is 1430. The van der Waals surface area contributed by atoms with Gasteiger partial charge < -0.3 is 9.73 Å². The van der Waals surface area contributed by atoms with Gasteiger partial charge >= 0.3 is 0 Å². The molecule has 1 amide bonds. The van der Waals surface area contributed by atoms with Crippen LogP contribution in [0.5, 0.6) is 0 Å². The van der Waals surface area contributed by atoms with Gasteiger partial charge in [0.25, 0.3) is 5.91 Å². The lowest BCUT2D eigenvalue weighted by atomic mass is 10.0. The molecule has 1 heterocycles. The monoisotopic (exact) mass is 457 g/mol. The van der Waals surface area contributed by atoms with Gasteiger partial charge in [-0.1, -0.05) is 48.5 Å². The highest BCUT2D eigenvalue weighted by atomic mass is 32.1. The first kappa shape index (κ1) is 22.2. The van der Waals surface area contributed by atoms with Crippen LogP contribution in [0.4, 0.5) is 5.69 Å². The van der Waals surface area contributed by atoms with E-state index in [2.05, 4.69) is 16.2 Å². The number of amides is 1. The minimum atomic E-state index is -0.475. The molecule has 0 unspecified atom stereocenters. The smallest absolute Gasteiger partial charge is 0.273 e. The zero-order valence-corrected chi connectivity index (χ0v) is 19.3. The second kappa shape index (κ2) is 9.26. The van der Waals surface area contributed by atoms with Gasteiger partial charge in [0.1, 0.15) is 5.76 Å². The van der Waals surface area contributed by atoms with Gasteiger partial charge in [0.05, 0.1) is 10.9 Å². The van der Waals surface area contributed by atoms with E-state index < -0.39 is 5.91 Å². The Morgan fingerprint density at radius 1 is 0.848 bits per heavy atom. The van der Waals surface area contributed by atoms with Gasteiger partial charge in [-0.3, -0.25) is 20.4 Å². The Labute approximate surface area is 196 Å². The molecule has 0 bridgehead atoms. The summed E-state index contributed by atoms with van der Waals surface area (Å²) in [6.07, 6.45) is 0. The molecule has 0 saturated heterocycles. The zero-order valence-electron chi connectivity index (χ0n) is 18.5. The van der Waals surface area contributed by atoms with Crippen LogP contribution in [0.15, 0.2) is 75.9 Å². The number of hydrazine groups is 1. The third-order valence-electron chi connectivity index (χ3n) is 5.57. The molecule has 0 radical (unpaired) electrons. The average Bonchev–Trinajstić information content (AvgIpc) is 2.83. The lowest BCUT2D eigenvalue weighted by molar-refractivity contribution is 0.0945. The summed E-state index contributed by atoms with van der Waals surface area (Å²) >= 11 is 5.32. The average molecular weight is 458 g/mol. The molecule has 0 saturated carbocycles. The van der Waals surface area contributed by atoms with Crippen molar-refractivity contribution in [3.8, 4) is 11.3 Å². The van der Waals surface area contributed by atoms with Crippen molar-refractivity contribution >= 4 is 39.9 Å². The maximum Gasteiger partial charge on any atom is 0.273 e. The third kappa shape index (κ3) is 4.49. The standard InChI is InChI=1S/C26H23N3O3S/c1-15-9-7-14-21(16(15)2)27-26(33)29-28-25(31)20-13-8-12-19-22(30)17(3)23(32-24(19)20)18-10-5-4-6-11-18/h4-14H,1-3H3,(H,28,31)(H2,27,29,33). The quantitative estimate of drug-likeness (QED) is 0.296. The highest BCUT2D eigenvalue weighted by Gasteiger charge is 2.18. The Morgan fingerprint density at radius 2 is 1.58 bits per heavy atom. The molecule has 1 aromatic heterocycles. The second-order valence-corrected chi connectivity index (χ2v) is 8.12. The predicted molar refractivity (Wildman–Crippen MR) is 135 cm³/mol. The van der Waals surface area contributed by atoms with Gasteiger partial charge in [-0.15, -0.1) is 0 Å². The molecule has 0 aliphatic carbocycles. The molecule has 0 aliphatic heterocycles. The number of hydrogen-bond donors (Lipinski definition) is 3. The van der Waals surface area contributed by atoms with E-state index in [0.717, 1.165) is 22.4 Å². The van der Waals surface area contributed by atoms with Gasteiger partial charge in [0, 0.05) is 16.8 Å². The Hall–Kier alpha value is -3.97. The second-order valence-electron chi connectivity index (χ2n) is 7.71. The van der Waals surface area contributed by atoms with E-state index in [0.29, 0.717) is 16.7 Å². The van der Waals surface area contributed by atoms with Crippen molar-refractivity contribution in [1.82, 2.24) is 10.9 Å². The molecule has 166 valence electrons. The van der Waals surface area contributed by atoms with Crippen molar-refractivity contribution in [3.63, 3.8) is 0 Å². The molecule has 7 heteroatoms. The molecule has 33 heavy (non-hydrogen) atoms. The number of carbonyl (C=O) groups excluding carboxylic acids is 1. The molecule has 6 nitrogen and oxygen atoms in total. The molecular weight excluding hydrogens is 434 g/mol. The highest BCUT2D eigenvalue weighted by molar-refractivity contribution is 7.80. The number of anilines is 1. The Balaban J connectivity index is 1.61. The van der Waals surface area contributed by atoms with Gasteiger partial charge in [0.2, 0.25) is 0 Å². The van der Waals surface area contributed by atoms with Gasteiger partial charge in [-0.2, -0.15) is 0 Å². The maximum absolute atomic E-state index is 13.0. The molecular formula is C26H23N3O3S. The van der Waals surface area contributed by atoms with Gasteiger partial charge in [-0.25, -0.2) is 0 Å². The minimum Gasteiger partial charge on any atom is -0.455 e. The number of carbonyl (C=O) groups is 1. The van der Waals surface area contributed by atoms with Crippen molar-refractivity contribution in [2.75, 3.05) is 5.32 Å². The summed E-state index contributed by atoms with van der Waals surface area (Å²) in [6.45, 7) is 5.72. The molecule has 3 aromatic carbocycles. The van der Waals surface area contributed by atoms with E-state index in [1.807, 2.05) is 62.4 Å². The van der Waals surface area contributed by atoms with Crippen LogP contribution < -0.4 is 21.6 Å². The van der Waals surface area contributed by atoms with E-state index in [-0.39, 0.29) is 21.7 Å². The summed E-state index contributed by atoms with van der Waals surface area (Å²) in [4.78, 5) is 25.9. The normalized spacial score (nSPS) is 10.6. The largest absolute Gasteiger partial charge is 0.455 e. The van der Waals surface area contributed by atoms with Crippen LogP contribution in [0.3, 0.4) is 0 Å². The van der Waals surface area contributed by atoms with Crippen LogP contribution in [0.2, 0.25) is 0 Å². The number of rotatable bonds is 3. The van der Waals surface area contributed by atoms with Crippen LogP contribution >= 0.6 is 12.2 Å². The van der Waals surface area contributed by atoms with Crippen molar-refractivity contribution in [2.24, 2.45) is 0 Å². The molecule has 0 fully saturated rings. The fourth-order valence-electron chi connectivity index (χ4n) is 3.57. The molecule has 3 N–H and O–H groups in total. The summed E-state index contributed by atoms with van der Waals surface area (Å²) in [5.74, 6) is -0.0369. The van der Waals surface area contributed by atoms with Crippen molar-refractivity contribution in [2.45, 2.75) is 20.8 Å². The lowest BCUT2D eigenvalue weighted by Gasteiger charge is -2.15. The fraction of sp³-hybridized carbons (Fsp3) is 0.115. The maximum atomic E-state index is 13.0. The first-order valence-electron chi connectivity index (χ1n) is 10.4. The number of para-hydroxylation sites is 1. The summed E-state index contributed by atoms with van der Waals surface area (Å²) in [5, 5.41) is 3.65. The number of fused-ring (bicyclic) bond motifs is 1. The molecule has 4 aromatic rings. The topological polar surface area (TPSA) is 83.4 Å². The van der Waals surface area contributed by atoms with E-state index in [4.69, 9.17) is 16.6 Å². The molecule has 4 rings (SSSR count). The number of benzene rings is 3.